The van der Waals surface area contributed by atoms with Crippen molar-refractivity contribution in [1.82, 2.24) is 30.0 Å². The molecule has 0 aliphatic heterocycles. The van der Waals surface area contributed by atoms with Gasteiger partial charge in [0.25, 0.3) is 5.91 Å². The highest BCUT2D eigenvalue weighted by Gasteiger charge is 2.13. The molecule has 0 spiro atoms. The Bertz CT molecular complexity index is 1340. The molecule has 0 radical (unpaired) electrons. The van der Waals surface area contributed by atoms with E-state index < -0.39 is 0 Å². The van der Waals surface area contributed by atoms with Crippen LogP contribution < -0.4 is 21.2 Å². The fourth-order valence-electron chi connectivity index (χ4n) is 3.23. The normalized spacial score (nSPS) is 11.7. The fourth-order valence-corrected chi connectivity index (χ4v) is 3.23. The van der Waals surface area contributed by atoms with E-state index in [1.54, 1.807) is 42.4 Å². The SMILES string of the molecule is COc1cccc(-n2ncc3c(N/N=C/c4ccc(C(=O)NCCC(C)(C)N)cc4)ncnc32)n1. The number of carbonyl (C=O) groups is 1. The summed E-state index contributed by atoms with van der Waals surface area (Å²) in [6.07, 6.45) is 5.41. The summed E-state index contributed by atoms with van der Waals surface area (Å²) < 4.78 is 6.79. The van der Waals surface area contributed by atoms with Gasteiger partial charge in [-0.05, 0) is 44.0 Å². The minimum absolute atomic E-state index is 0.137. The third-order valence-corrected chi connectivity index (χ3v) is 5.11. The van der Waals surface area contributed by atoms with Crippen LogP contribution in [0.5, 0.6) is 5.88 Å². The minimum atomic E-state index is -0.319. The molecule has 0 saturated heterocycles. The number of nitrogens with two attached hydrogens (primary N) is 1. The molecule has 11 nitrogen and oxygen atoms in total. The molecule has 11 heteroatoms. The number of anilines is 1. The van der Waals surface area contributed by atoms with Crippen molar-refractivity contribution in [3.8, 4) is 11.7 Å². The molecule has 3 aromatic heterocycles. The van der Waals surface area contributed by atoms with Crippen molar-refractivity contribution < 1.29 is 9.53 Å². The van der Waals surface area contributed by atoms with E-state index in [2.05, 4.69) is 35.9 Å². The monoisotopic (exact) mass is 473 g/mol. The maximum absolute atomic E-state index is 12.3. The number of nitrogens with one attached hydrogen (secondary N) is 2. The Labute approximate surface area is 202 Å². The van der Waals surface area contributed by atoms with E-state index in [0.29, 0.717) is 47.1 Å². The molecule has 4 rings (SSSR count). The smallest absolute Gasteiger partial charge is 0.251 e. The van der Waals surface area contributed by atoms with E-state index in [1.807, 2.05) is 38.1 Å². The molecule has 0 saturated carbocycles. The zero-order valence-electron chi connectivity index (χ0n) is 19.8. The average molecular weight is 474 g/mol. The van der Waals surface area contributed by atoms with Gasteiger partial charge in [-0.15, -0.1) is 0 Å². The van der Waals surface area contributed by atoms with E-state index in [-0.39, 0.29) is 11.4 Å². The Morgan fingerprint density at radius 2 is 2.00 bits per heavy atom. The first kappa shape index (κ1) is 23.8. The Hall–Kier alpha value is -4.38. The molecule has 4 N–H and O–H groups in total. The lowest BCUT2D eigenvalue weighted by atomic mass is 10.0. The van der Waals surface area contributed by atoms with Crippen LogP contribution in [0, 0.1) is 0 Å². The van der Waals surface area contributed by atoms with Crippen molar-refractivity contribution in [2.75, 3.05) is 19.1 Å². The van der Waals surface area contributed by atoms with Crippen LogP contribution in [-0.4, -0.2) is 56.0 Å². The second-order valence-electron chi connectivity index (χ2n) is 8.54. The number of hydrogen-bond donors (Lipinski definition) is 3. The highest BCUT2D eigenvalue weighted by molar-refractivity contribution is 5.95. The van der Waals surface area contributed by atoms with Crippen LogP contribution in [0.4, 0.5) is 5.82 Å². The molecule has 3 heterocycles. The number of hydrazone groups is 1. The molecule has 4 aromatic rings. The molecule has 0 aliphatic rings. The summed E-state index contributed by atoms with van der Waals surface area (Å²) in [5, 5.41) is 12.2. The van der Waals surface area contributed by atoms with Gasteiger partial charge in [0, 0.05) is 23.7 Å². The summed E-state index contributed by atoms with van der Waals surface area (Å²) in [5.74, 6) is 1.41. The maximum Gasteiger partial charge on any atom is 0.251 e. The predicted molar refractivity (Wildman–Crippen MR) is 134 cm³/mol. The summed E-state index contributed by atoms with van der Waals surface area (Å²) in [6, 6.07) is 12.5. The number of amides is 1. The van der Waals surface area contributed by atoms with Crippen molar-refractivity contribution in [3.05, 3.63) is 66.1 Å². The van der Waals surface area contributed by atoms with Crippen LogP contribution in [0.25, 0.3) is 16.9 Å². The third-order valence-electron chi connectivity index (χ3n) is 5.11. The molecule has 0 aliphatic carbocycles. The van der Waals surface area contributed by atoms with Crippen molar-refractivity contribution in [3.63, 3.8) is 0 Å². The first-order valence-electron chi connectivity index (χ1n) is 11.0. The molecule has 0 bridgehead atoms. The molecule has 0 atom stereocenters. The lowest BCUT2D eigenvalue weighted by Gasteiger charge is -2.18. The highest BCUT2D eigenvalue weighted by Crippen LogP contribution is 2.21. The van der Waals surface area contributed by atoms with Gasteiger partial charge in [0.2, 0.25) is 5.88 Å². The summed E-state index contributed by atoms with van der Waals surface area (Å²) in [4.78, 5) is 25.3. The molecule has 35 heavy (non-hydrogen) atoms. The van der Waals surface area contributed by atoms with Gasteiger partial charge >= 0.3 is 0 Å². The maximum atomic E-state index is 12.3. The molecule has 180 valence electrons. The van der Waals surface area contributed by atoms with Gasteiger partial charge in [0.1, 0.15) is 6.33 Å². The fraction of sp³-hybridized carbons (Fsp3) is 0.250. The number of benzene rings is 1. The predicted octanol–water partition coefficient (Wildman–Crippen LogP) is 2.52. The molecule has 0 fully saturated rings. The van der Waals surface area contributed by atoms with E-state index in [9.17, 15) is 4.79 Å². The van der Waals surface area contributed by atoms with Gasteiger partial charge < -0.3 is 15.8 Å². The number of methoxy groups -OCH3 is 1. The first-order chi connectivity index (χ1) is 16.8. The number of rotatable bonds is 9. The van der Waals surface area contributed by atoms with Crippen LogP contribution in [0.1, 0.15) is 36.2 Å². The molecule has 1 aromatic carbocycles. The summed E-state index contributed by atoms with van der Waals surface area (Å²) >= 11 is 0. The average Bonchev–Trinajstić information content (AvgIpc) is 3.29. The van der Waals surface area contributed by atoms with Crippen LogP contribution in [0.2, 0.25) is 0 Å². The first-order valence-corrected chi connectivity index (χ1v) is 11.0. The Morgan fingerprint density at radius 3 is 2.74 bits per heavy atom. The van der Waals surface area contributed by atoms with Crippen molar-refractivity contribution in [2.45, 2.75) is 25.8 Å². The number of nitrogens with zero attached hydrogens (tertiary/aromatic N) is 6. The van der Waals surface area contributed by atoms with Gasteiger partial charge in [0.05, 0.1) is 24.9 Å². The van der Waals surface area contributed by atoms with Crippen LogP contribution in [0.15, 0.2) is 60.1 Å². The van der Waals surface area contributed by atoms with Gasteiger partial charge in [-0.25, -0.2) is 9.97 Å². The van der Waals surface area contributed by atoms with E-state index in [0.717, 1.165) is 5.56 Å². The molecular formula is C24H27N9O2. The van der Waals surface area contributed by atoms with Gasteiger partial charge in [0.15, 0.2) is 17.3 Å². The van der Waals surface area contributed by atoms with Crippen LogP contribution in [0.3, 0.4) is 0 Å². The third kappa shape index (κ3) is 5.95. The van der Waals surface area contributed by atoms with Crippen LogP contribution in [-0.2, 0) is 0 Å². The number of hydrogen-bond acceptors (Lipinski definition) is 9. The second-order valence-corrected chi connectivity index (χ2v) is 8.54. The van der Waals surface area contributed by atoms with Gasteiger partial charge in [-0.2, -0.15) is 19.9 Å². The highest BCUT2D eigenvalue weighted by atomic mass is 16.5. The van der Waals surface area contributed by atoms with Crippen molar-refractivity contribution in [2.24, 2.45) is 10.8 Å². The zero-order valence-corrected chi connectivity index (χ0v) is 19.8. The minimum Gasteiger partial charge on any atom is -0.481 e. The van der Waals surface area contributed by atoms with Gasteiger partial charge in [-0.3, -0.25) is 10.2 Å². The van der Waals surface area contributed by atoms with Gasteiger partial charge in [-0.1, -0.05) is 18.2 Å². The zero-order chi connectivity index (χ0) is 24.8. The largest absolute Gasteiger partial charge is 0.481 e. The van der Waals surface area contributed by atoms with E-state index >= 15 is 0 Å². The number of pyridine rings is 1. The number of ether oxygens (including phenoxy) is 1. The standard InChI is InChI=1S/C24H27N9O2/c1-24(2,25)11-12-26-23(34)17-9-7-16(8-10-17)13-29-32-21-18-14-30-33(22(18)28-15-27-21)19-5-4-6-20(31-19)35-3/h4-10,13-15H,11-12,25H2,1-3H3,(H,26,34)(H,27,28,32)/b29-13+. The van der Waals surface area contributed by atoms with E-state index in [1.165, 1.54) is 6.33 Å². The van der Waals surface area contributed by atoms with Crippen LogP contribution >= 0.6 is 0 Å². The molecule has 1 amide bonds. The molecular weight excluding hydrogens is 446 g/mol. The lowest BCUT2D eigenvalue weighted by Crippen LogP contribution is -2.37. The van der Waals surface area contributed by atoms with Crippen molar-refractivity contribution >= 4 is 29.0 Å². The lowest BCUT2D eigenvalue weighted by molar-refractivity contribution is 0.0951. The number of aromatic nitrogens is 5. The number of fused-ring (bicyclic) bond motifs is 1. The summed E-state index contributed by atoms with van der Waals surface area (Å²) in [6.45, 7) is 4.38. The molecule has 0 unspecified atom stereocenters. The summed E-state index contributed by atoms with van der Waals surface area (Å²) in [5.41, 5.74) is 10.5. The number of carbonyl (C=O) groups excluding carboxylic acids is 1. The quantitative estimate of drug-likeness (QED) is 0.248. The summed E-state index contributed by atoms with van der Waals surface area (Å²) in [7, 11) is 1.56. The Kier molecular flexibility index (Phi) is 6.97. The second kappa shape index (κ2) is 10.3. The topological polar surface area (TPSA) is 145 Å². The Balaban J connectivity index is 1.42. The van der Waals surface area contributed by atoms with E-state index in [4.69, 9.17) is 10.5 Å². The Morgan fingerprint density at radius 1 is 1.20 bits per heavy atom. The van der Waals surface area contributed by atoms with Crippen molar-refractivity contribution in [1.29, 1.82) is 0 Å².